The van der Waals surface area contributed by atoms with Crippen LogP contribution in [0.15, 0.2) is 35.4 Å². The first-order valence-corrected chi connectivity index (χ1v) is 11.0. The van der Waals surface area contributed by atoms with Gasteiger partial charge in [-0.3, -0.25) is 4.79 Å². The molecule has 8 heteroatoms. The Kier molecular flexibility index (Phi) is 7.02. The van der Waals surface area contributed by atoms with Crippen molar-refractivity contribution < 1.29 is 4.79 Å². The minimum Gasteiger partial charge on any atom is -0.363 e. The number of aromatic nitrogens is 2. The Balaban J connectivity index is 1.53. The van der Waals surface area contributed by atoms with E-state index in [1.165, 1.54) is 0 Å². The lowest BCUT2D eigenvalue weighted by Crippen LogP contribution is -2.40. The number of rotatable bonds is 6. The molecule has 1 fully saturated rings. The minimum absolute atomic E-state index is 0.0978. The molecule has 150 valence electrons. The molecule has 28 heavy (non-hydrogen) atoms. The summed E-state index contributed by atoms with van der Waals surface area (Å²) >= 11 is 7.81. The van der Waals surface area contributed by atoms with Crippen molar-refractivity contribution in [3.8, 4) is 0 Å². The number of thioether (sulfide) groups is 1. The number of nitrogens with one attached hydrogen (secondary N) is 2. The molecular weight excluding hydrogens is 394 g/mol. The van der Waals surface area contributed by atoms with E-state index in [-0.39, 0.29) is 11.9 Å². The average Bonchev–Trinajstić information content (AvgIpc) is 2.70. The number of anilines is 2. The summed E-state index contributed by atoms with van der Waals surface area (Å²) in [4.78, 5) is 24.4. The molecule has 0 aliphatic heterocycles. The van der Waals surface area contributed by atoms with Gasteiger partial charge in [0, 0.05) is 37.3 Å². The van der Waals surface area contributed by atoms with Crippen LogP contribution in [0.3, 0.4) is 0 Å². The number of halogens is 1. The second-order valence-corrected chi connectivity index (χ2v) is 8.43. The molecule has 1 aromatic carbocycles. The summed E-state index contributed by atoms with van der Waals surface area (Å²) in [7, 11) is 3.92. The van der Waals surface area contributed by atoms with Gasteiger partial charge < -0.3 is 15.5 Å². The van der Waals surface area contributed by atoms with Gasteiger partial charge in [-0.25, -0.2) is 4.98 Å². The first kappa shape index (κ1) is 20.7. The van der Waals surface area contributed by atoms with Crippen LogP contribution in [0.2, 0.25) is 5.02 Å². The highest BCUT2D eigenvalue weighted by atomic mass is 35.5. The van der Waals surface area contributed by atoms with Gasteiger partial charge in [0.2, 0.25) is 5.95 Å². The van der Waals surface area contributed by atoms with E-state index in [1.54, 1.807) is 24.0 Å². The Morgan fingerprint density at radius 2 is 1.89 bits per heavy atom. The first-order chi connectivity index (χ1) is 13.5. The third-order valence-electron chi connectivity index (χ3n) is 4.91. The number of hydrogen-bond donors (Lipinski definition) is 2. The number of hydrogen-bond acceptors (Lipinski definition) is 6. The molecule has 1 saturated carbocycles. The number of benzene rings is 1. The molecule has 0 saturated heterocycles. The minimum atomic E-state index is -0.0978. The number of nitrogens with zero attached hydrogens (tertiary/aromatic N) is 3. The highest BCUT2D eigenvalue weighted by molar-refractivity contribution is 7.98. The molecule has 1 amide bonds. The maximum absolute atomic E-state index is 12.6. The summed E-state index contributed by atoms with van der Waals surface area (Å²) < 4.78 is 0. The third kappa shape index (κ3) is 5.29. The zero-order valence-electron chi connectivity index (χ0n) is 16.4. The van der Waals surface area contributed by atoms with Gasteiger partial charge in [0.25, 0.3) is 5.91 Å². The fourth-order valence-electron chi connectivity index (χ4n) is 3.30. The van der Waals surface area contributed by atoms with Gasteiger partial charge in [-0.2, -0.15) is 4.98 Å². The summed E-state index contributed by atoms with van der Waals surface area (Å²) in [6, 6.07) is 7.92. The molecule has 3 rings (SSSR count). The van der Waals surface area contributed by atoms with Crippen LogP contribution in [0.5, 0.6) is 0 Å². The molecule has 6 nitrogen and oxygen atoms in total. The molecule has 0 spiro atoms. The smallest absolute Gasteiger partial charge is 0.253 e. The molecular formula is C20H26ClN5OS. The van der Waals surface area contributed by atoms with E-state index in [4.69, 9.17) is 11.6 Å². The zero-order chi connectivity index (χ0) is 20.1. The largest absolute Gasteiger partial charge is 0.363 e. The van der Waals surface area contributed by atoms with Crippen molar-refractivity contribution in [1.82, 2.24) is 15.3 Å². The topological polar surface area (TPSA) is 70.2 Å². The zero-order valence-corrected chi connectivity index (χ0v) is 18.0. The van der Waals surface area contributed by atoms with Crippen molar-refractivity contribution in [3.63, 3.8) is 0 Å². The molecule has 2 aromatic rings. The van der Waals surface area contributed by atoms with E-state index < -0.39 is 0 Å². The van der Waals surface area contributed by atoms with Crippen molar-refractivity contribution >= 4 is 41.0 Å². The highest BCUT2D eigenvalue weighted by Gasteiger charge is 2.24. The SMILES string of the molecule is CSc1ccc(Cl)c(C(=O)NC2CCC(Nc3nccc(N(C)C)n3)CC2)c1. The number of carbonyl (C=O) groups excluding carboxylic acids is 1. The van der Waals surface area contributed by atoms with E-state index in [9.17, 15) is 4.79 Å². The van der Waals surface area contributed by atoms with Crippen LogP contribution < -0.4 is 15.5 Å². The Bertz CT molecular complexity index is 824. The third-order valence-corrected chi connectivity index (χ3v) is 5.97. The maximum Gasteiger partial charge on any atom is 0.253 e. The molecule has 1 aliphatic carbocycles. The summed E-state index contributed by atoms with van der Waals surface area (Å²) in [6.07, 6.45) is 7.49. The fraction of sp³-hybridized carbons (Fsp3) is 0.450. The second kappa shape index (κ2) is 9.47. The van der Waals surface area contributed by atoms with Crippen molar-refractivity contribution in [3.05, 3.63) is 41.0 Å². The Morgan fingerprint density at radius 3 is 2.57 bits per heavy atom. The van der Waals surface area contributed by atoms with E-state index in [0.717, 1.165) is 36.4 Å². The van der Waals surface area contributed by atoms with Crippen LogP contribution in [-0.4, -0.2) is 48.3 Å². The molecule has 0 atom stereocenters. The standard InChI is InChI=1S/C20H26ClN5OS/c1-26(2)18-10-11-22-20(25-18)24-14-6-4-13(5-7-14)23-19(27)16-12-15(28-3)8-9-17(16)21/h8-14H,4-7H2,1-3H3,(H,23,27)(H,22,24,25). The first-order valence-electron chi connectivity index (χ1n) is 9.37. The molecule has 1 aliphatic rings. The van der Waals surface area contributed by atoms with E-state index in [0.29, 0.717) is 22.6 Å². The Labute approximate surface area is 175 Å². The lowest BCUT2D eigenvalue weighted by Gasteiger charge is -2.30. The molecule has 1 heterocycles. The Morgan fingerprint density at radius 1 is 1.18 bits per heavy atom. The number of carbonyl (C=O) groups is 1. The monoisotopic (exact) mass is 419 g/mol. The van der Waals surface area contributed by atoms with Crippen LogP contribution >= 0.6 is 23.4 Å². The van der Waals surface area contributed by atoms with Gasteiger partial charge in [-0.05, 0) is 56.2 Å². The van der Waals surface area contributed by atoms with Crippen LogP contribution in [0.1, 0.15) is 36.0 Å². The van der Waals surface area contributed by atoms with Crippen molar-refractivity contribution in [1.29, 1.82) is 0 Å². The fourth-order valence-corrected chi connectivity index (χ4v) is 3.94. The van der Waals surface area contributed by atoms with E-state index in [1.807, 2.05) is 43.5 Å². The summed E-state index contributed by atoms with van der Waals surface area (Å²) in [5, 5.41) is 7.05. The van der Waals surface area contributed by atoms with Crippen molar-refractivity contribution in [2.24, 2.45) is 0 Å². The highest BCUT2D eigenvalue weighted by Crippen LogP contribution is 2.25. The van der Waals surface area contributed by atoms with Gasteiger partial charge in [0.1, 0.15) is 5.82 Å². The lowest BCUT2D eigenvalue weighted by atomic mass is 9.91. The molecule has 1 aromatic heterocycles. The van der Waals surface area contributed by atoms with E-state index >= 15 is 0 Å². The van der Waals surface area contributed by atoms with E-state index in [2.05, 4.69) is 20.6 Å². The maximum atomic E-state index is 12.6. The summed E-state index contributed by atoms with van der Waals surface area (Å²) in [5.74, 6) is 1.43. The van der Waals surface area contributed by atoms with Gasteiger partial charge >= 0.3 is 0 Å². The van der Waals surface area contributed by atoms with Crippen molar-refractivity contribution in [2.75, 3.05) is 30.6 Å². The van der Waals surface area contributed by atoms with Crippen LogP contribution in [0.4, 0.5) is 11.8 Å². The molecule has 0 bridgehead atoms. The quantitative estimate of drug-likeness (QED) is 0.688. The molecule has 0 unspecified atom stereocenters. The van der Waals surface area contributed by atoms with Gasteiger partial charge in [0.05, 0.1) is 10.6 Å². The number of amides is 1. The molecule has 0 radical (unpaired) electrons. The van der Waals surface area contributed by atoms with Crippen LogP contribution in [0.25, 0.3) is 0 Å². The van der Waals surface area contributed by atoms with Gasteiger partial charge in [-0.1, -0.05) is 11.6 Å². The predicted molar refractivity (Wildman–Crippen MR) is 117 cm³/mol. The summed E-state index contributed by atoms with van der Waals surface area (Å²) in [5.41, 5.74) is 0.544. The lowest BCUT2D eigenvalue weighted by molar-refractivity contribution is 0.0926. The normalized spacial score (nSPS) is 19.1. The molecule has 2 N–H and O–H groups in total. The van der Waals surface area contributed by atoms with Gasteiger partial charge in [-0.15, -0.1) is 11.8 Å². The average molecular weight is 420 g/mol. The van der Waals surface area contributed by atoms with Crippen LogP contribution in [-0.2, 0) is 0 Å². The van der Waals surface area contributed by atoms with Crippen LogP contribution in [0, 0.1) is 0 Å². The van der Waals surface area contributed by atoms with Crippen molar-refractivity contribution in [2.45, 2.75) is 42.7 Å². The van der Waals surface area contributed by atoms with Gasteiger partial charge in [0.15, 0.2) is 0 Å². The Hall–Kier alpha value is -1.99. The summed E-state index contributed by atoms with van der Waals surface area (Å²) in [6.45, 7) is 0. The predicted octanol–water partition coefficient (Wildman–Crippen LogP) is 4.07. The second-order valence-electron chi connectivity index (χ2n) is 7.14.